The van der Waals surface area contributed by atoms with Gasteiger partial charge < -0.3 is 20.8 Å². The predicted molar refractivity (Wildman–Crippen MR) is 128 cm³/mol. The van der Waals surface area contributed by atoms with Crippen LogP contribution in [0.25, 0.3) is 0 Å². The Labute approximate surface area is 201 Å². The van der Waals surface area contributed by atoms with E-state index >= 15 is 0 Å². The molecule has 0 bridgehead atoms. The molecule has 0 spiro atoms. The van der Waals surface area contributed by atoms with Crippen LogP contribution in [0.1, 0.15) is 65.8 Å². The van der Waals surface area contributed by atoms with Gasteiger partial charge in [0.2, 0.25) is 0 Å². The lowest BCUT2D eigenvalue weighted by Crippen LogP contribution is -2.39. The van der Waals surface area contributed by atoms with Crippen LogP contribution in [-0.2, 0) is 5.92 Å². The minimum absolute atomic E-state index is 0.0205. The largest absolute Gasteiger partial charge is 0.478 e. The molecule has 2 aromatic carbocycles. The number of nitrogens with one attached hydrogen (secondary N) is 2. The number of hydrogen-bond acceptors (Lipinski definition) is 5. The third-order valence-electron chi connectivity index (χ3n) is 6.82. The number of carboxylic acids is 1. The number of fused-ring (bicyclic) bond motifs is 1. The van der Waals surface area contributed by atoms with Gasteiger partial charge in [-0.15, -0.1) is 0 Å². The molecular weight excluding hydrogens is 462 g/mol. The summed E-state index contributed by atoms with van der Waals surface area (Å²) in [6, 6.07) is 8.29. The lowest BCUT2D eigenvalue weighted by atomic mass is 9.79. The number of alkyl halides is 2. The van der Waals surface area contributed by atoms with Gasteiger partial charge >= 0.3 is 5.97 Å². The number of aliphatic hydroxyl groups is 1. The Morgan fingerprint density at radius 3 is 2.53 bits per heavy atom. The van der Waals surface area contributed by atoms with Crippen LogP contribution >= 0.6 is 11.8 Å². The van der Waals surface area contributed by atoms with E-state index in [1.807, 2.05) is 0 Å². The fourth-order valence-corrected chi connectivity index (χ4v) is 6.19. The molecular formula is C25H28F2N2O4S. The Bertz CT molecular complexity index is 1110. The molecule has 9 heteroatoms. The topological polar surface area (TPSA) is 98.7 Å². The van der Waals surface area contributed by atoms with Crippen molar-refractivity contribution in [3.63, 3.8) is 0 Å². The number of halogens is 2. The number of benzene rings is 2. The summed E-state index contributed by atoms with van der Waals surface area (Å²) in [5, 5.41) is 25.3. The predicted octanol–water partition coefficient (Wildman–Crippen LogP) is 5.78. The monoisotopic (exact) mass is 490 g/mol. The van der Waals surface area contributed by atoms with Crippen molar-refractivity contribution in [2.45, 2.75) is 55.2 Å². The highest BCUT2D eigenvalue weighted by Gasteiger charge is 2.42. The Balaban J connectivity index is 1.58. The summed E-state index contributed by atoms with van der Waals surface area (Å²) in [5.74, 6) is -4.28. The molecule has 4 rings (SSSR count). The molecule has 2 aromatic rings. The van der Waals surface area contributed by atoms with Crippen molar-refractivity contribution < 1.29 is 28.6 Å². The fraction of sp³-hybridized carbons (Fsp3) is 0.440. The summed E-state index contributed by atoms with van der Waals surface area (Å²) < 4.78 is 27.4. The van der Waals surface area contributed by atoms with Gasteiger partial charge in [0.25, 0.3) is 11.8 Å². The van der Waals surface area contributed by atoms with E-state index in [2.05, 4.69) is 17.6 Å². The van der Waals surface area contributed by atoms with Gasteiger partial charge in [-0.1, -0.05) is 23.9 Å². The highest BCUT2D eigenvalue weighted by Crippen LogP contribution is 2.53. The number of carbonyl (C=O) groups is 2. The number of aromatic carboxylic acids is 1. The van der Waals surface area contributed by atoms with Crippen molar-refractivity contribution in [1.82, 2.24) is 0 Å². The van der Waals surface area contributed by atoms with Gasteiger partial charge in [-0.3, -0.25) is 4.79 Å². The van der Waals surface area contributed by atoms with Crippen molar-refractivity contribution in [3.05, 3.63) is 53.1 Å². The van der Waals surface area contributed by atoms with Crippen LogP contribution in [0.5, 0.6) is 0 Å². The van der Waals surface area contributed by atoms with Gasteiger partial charge in [0.05, 0.1) is 16.1 Å². The average Bonchev–Trinajstić information content (AvgIpc) is 3.14. The maximum absolute atomic E-state index is 13.7. The van der Waals surface area contributed by atoms with E-state index in [-0.39, 0.29) is 33.9 Å². The SMILES string of the molecule is CC(F)(F)c1cccc(C(=O)Nc2cc3c(cc2C(=O)O)NC(C)(C2CCC(CO)CC2)S3)c1. The first kappa shape index (κ1) is 24.5. The highest BCUT2D eigenvalue weighted by molar-refractivity contribution is 8.01. The summed E-state index contributed by atoms with van der Waals surface area (Å²) in [6.07, 6.45) is 3.83. The van der Waals surface area contributed by atoms with Crippen molar-refractivity contribution in [3.8, 4) is 0 Å². The number of aliphatic hydroxyl groups excluding tert-OH is 1. The summed E-state index contributed by atoms with van der Waals surface area (Å²) in [5.41, 5.74) is 0.462. The second kappa shape index (κ2) is 9.19. The first-order chi connectivity index (χ1) is 16.0. The molecule has 34 heavy (non-hydrogen) atoms. The summed E-state index contributed by atoms with van der Waals surface area (Å²) >= 11 is 1.60. The van der Waals surface area contributed by atoms with Gasteiger partial charge in [0, 0.05) is 35.2 Å². The van der Waals surface area contributed by atoms with Gasteiger partial charge in [-0.2, -0.15) is 0 Å². The van der Waals surface area contributed by atoms with Crippen LogP contribution in [0.4, 0.5) is 20.2 Å². The molecule has 6 nitrogen and oxygen atoms in total. The Kier molecular flexibility index (Phi) is 6.61. The minimum Gasteiger partial charge on any atom is -0.478 e. The van der Waals surface area contributed by atoms with E-state index in [0.29, 0.717) is 17.5 Å². The fourth-order valence-electron chi connectivity index (χ4n) is 4.77. The Morgan fingerprint density at radius 1 is 1.21 bits per heavy atom. The number of carbonyl (C=O) groups excluding carboxylic acids is 1. The first-order valence-corrected chi connectivity index (χ1v) is 12.1. The maximum Gasteiger partial charge on any atom is 0.337 e. The van der Waals surface area contributed by atoms with Crippen LogP contribution in [-0.4, -0.2) is 33.6 Å². The van der Waals surface area contributed by atoms with Gasteiger partial charge in [-0.05, 0) is 68.7 Å². The van der Waals surface area contributed by atoms with Crippen LogP contribution in [0.2, 0.25) is 0 Å². The smallest absolute Gasteiger partial charge is 0.337 e. The maximum atomic E-state index is 13.7. The normalized spacial score (nSPS) is 24.3. The number of amides is 1. The molecule has 1 aliphatic carbocycles. The van der Waals surface area contributed by atoms with E-state index in [1.54, 1.807) is 17.8 Å². The summed E-state index contributed by atoms with van der Waals surface area (Å²) in [7, 11) is 0. The molecule has 1 aliphatic heterocycles. The van der Waals surface area contributed by atoms with E-state index in [9.17, 15) is 28.6 Å². The molecule has 4 N–H and O–H groups in total. The Hall–Kier alpha value is -2.65. The second-order valence-electron chi connectivity index (χ2n) is 9.36. The molecule has 0 aromatic heterocycles. The second-order valence-corrected chi connectivity index (χ2v) is 10.8. The number of carboxylic acid groups (broad SMARTS) is 1. The molecule has 1 saturated carbocycles. The lowest BCUT2D eigenvalue weighted by Gasteiger charge is -2.38. The third-order valence-corrected chi connectivity index (χ3v) is 8.24. The van der Waals surface area contributed by atoms with Crippen LogP contribution in [0.15, 0.2) is 41.3 Å². The van der Waals surface area contributed by atoms with Crippen molar-refractivity contribution in [2.75, 3.05) is 17.2 Å². The van der Waals surface area contributed by atoms with Crippen LogP contribution in [0, 0.1) is 11.8 Å². The average molecular weight is 491 g/mol. The zero-order valence-corrected chi connectivity index (χ0v) is 19.8. The number of thioether (sulfide) groups is 1. The molecule has 1 fully saturated rings. The van der Waals surface area contributed by atoms with E-state index in [0.717, 1.165) is 43.6 Å². The Morgan fingerprint density at radius 2 is 1.91 bits per heavy atom. The van der Waals surface area contributed by atoms with Gasteiger partial charge in [-0.25, -0.2) is 13.6 Å². The zero-order valence-electron chi connectivity index (χ0n) is 19.0. The van der Waals surface area contributed by atoms with Gasteiger partial charge in [0.15, 0.2) is 0 Å². The standard InChI is InChI=1S/C25H28F2N2O4S/c1-24(26,27)17-5-3-4-15(10-17)22(31)28-19-12-21-20(11-18(19)23(32)33)29-25(2,34-21)16-8-6-14(13-30)7-9-16/h3-5,10-12,14,16,29-30H,6-9,13H2,1-2H3,(H,28,31)(H,32,33). The van der Waals surface area contributed by atoms with E-state index in [4.69, 9.17) is 0 Å². The summed E-state index contributed by atoms with van der Waals surface area (Å²) in [4.78, 5) is 25.2. The molecule has 1 atom stereocenters. The minimum atomic E-state index is -3.10. The molecule has 1 heterocycles. The van der Waals surface area contributed by atoms with Crippen molar-refractivity contribution in [1.29, 1.82) is 0 Å². The lowest BCUT2D eigenvalue weighted by molar-refractivity contribution is 0.0174. The number of anilines is 2. The van der Waals surface area contributed by atoms with Crippen molar-refractivity contribution in [2.24, 2.45) is 11.8 Å². The zero-order chi connectivity index (χ0) is 24.7. The van der Waals surface area contributed by atoms with Crippen LogP contribution in [0.3, 0.4) is 0 Å². The molecule has 1 unspecified atom stereocenters. The molecule has 2 aliphatic rings. The molecule has 1 amide bonds. The molecule has 0 radical (unpaired) electrons. The highest BCUT2D eigenvalue weighted by atomic mass is 32.2. The van der Waals surface area contributed by atoms with Gasteiger partial charge in [0.1, 0.15) is 0 Å². The quantitative estimate of drug-likeness (QED) is 0.410. The van der Waals surface area contributed by atoms with E-state index in [1.165, 1.54) is 24.3 Å². The third kappa shape index (κ3) is 4.90. The van der Waals surface area contributed by atoms with Crippen molar-refractivity contribution >= 4 is 35.0 Å². The number of hydrogen-bond donors (Lipinski definition) is 4. The first-order valence-electron chi connectivity index (χ1n) is 11.3. The van der Waals surface area contributed by atoms with Crippen LogP contribution < -0.4 is 10.6 Å². The van der Waals surface area contributed by atoms with E-state index < -0.39 is 17.8 Å². The molecule has 0 saturated heterocycles. The molecule has 182 valence electrons. The number of rotatable bonds is 6. The summed E-state index contributed by atoms with van der Waals surface area (Å²) in [6.45, 7) is 3.05.